The molecule has 3 N–H and O–H groups in total. The van der Waals surface area contributed by atoms with E-state index >= 15 is 0 Å². The number of amides is 2. The number of ether oxygens (including phenoxy) is 1. The first-order valence-electron chi connectivity index (χ1n) is 5.42. The second-order valence-corrected chi connectivity index (χ2v) is 4.09. The van der Waals surface area contributed by atoms with E-state index in [0.29, 0.717) is 0 Å². The number of carbonyl (C=O) groups excluding carboxylic acids is 2. The van der Waals surface area contributed by atoms with Crippen LogP contribution in [0.5, 0.6) is 0 Å². The van der Waals surface area contributed by atoms with E-state index in [1.165, 1.54) is 14.0 Å². The highest BCUT2D eigenvalue weighted by Gasteiger charge is 2.39. The Morgan fingerprint density at radius 2 is 2.06 bits per heavy atom. The molecule has 8 heteroatoms. The van der Waals surface area contributed by atoms with Gasteiger partial charge in [-0.15, -0.1) is 0 Å². The van der Waals surface area contributed by atoms with Gasteiger partial charge >= 0.3 is 18.0 Å². The molecule has 0 aliphatic carbocycles. The highest BCUT2D eigenvalue weighted by atomic mass is 16.5. The van der Waals surface area contributed by atoms with Crippen LogP contribution in [0.2, 0.25) is 0 Å². The minimum absolute atomic E-state index is 0.0185. The molecular formula is C10H16N2O6. The van der Waals surface area contributed by atoms with Crippen molar-refractivity contribution >= 4 is 18.0 Å². The van der Waals surface area contributed by atoms with Crippen molar-refractivity contribution in [3.63, 3.8) is 0 Å². The molecule has 1 rings (SSSR count). The van der Waals surface area contributed by atoms with Crippen molar-refractivity contribution in [3.8, 4) is 0 Å². The van der Waals surface area contributed by atoms with Gasteiger partial charge in [0, 0.05) is 13.0 Å². The average Bonchev–Trinajstić information content (AvgIpc) is 2.70. The lowest BCUT2D eigenvalue weighted by Gasteiger charge is -2.23. The summed E-state index contributed by atoms with van der Waals surface area (Å²) in [6, 6.07) is -2.67. The van der Waals surface area contributed by atoms with E-state index in [1.807, 2.05) is 0 Å². The minimum atomic E-state index is -1.19. The number of carboxylic acids is 1. The van der Waals surface area contributed by atoms with Gasteiger partial charge in [0.25, 0.3) is 0 Å². The number of carboxylic acid groups (broad SMARTS) is 1. The number of likely N-dealkylation sites (tertiary alicyclic amines) is 1. The van der Waals surface area contributed by atoms with E-state index in [9.17, 15) is 19.5 Å². The standard InChI is InChI=1S/C10H16N2O6/c1-5(9(16)18-2)11-10(17)12-4-6(13)3-7(12)8(14)15/h5-7,13H,3-4H2,1-2H3,(H,11,17)(H,14,15)/t5?,6-,7-/m1/s1. The molecule has 0 radical (unpaired) electrons. The molecule has 2 amide bonds. The fourth-order valence-electron chi connectivity index (χ4n) is 1.78. The van der Waals surface area contributed by atoms with E-state index in [0.717, 1.165) is 4.90 Å². The number of methoxy groups -OCH3 is 1. The van der Waals surface area contributed by atoms with Gasteiger partial charge in [0.1, 0.15) is 12.1 Å². The molecule has 1 heterocycles. The van der Waals surface area contributed by atoms with Crippen molar-refractivity contribution in [2.75, 3.05) is 13.7 Å². The Bertz CT molecular complexity index is 358. The lowest BCUT2D eigenvalue weighted by atomic mass is 10.2. The van der Waals surface area contributed by atoms with Crippen molar-refractivity contribution in [3.05, 3.63) is 0 Å². The van der Waals surface area contributed by atoms with Crippen LogP contribution in [0.1, 0.15) is 13.3 Å². The second kappa shape index (κ2) is 5.67. The van der Waals surface area contributed by atoms with Crippen molar-refractivity contribution in [1.82, 2.24) is 10.2 Å². The Balaban J connectivity index is 2.65. The normalized spacial score (nSPS) is 24.5. The molecule has 0 aromatic heterocycles. The Hall–Kier alpha value is -1.83. The zero-order chi connectivity index (χ0) is 13.9. The first-order valence-corrected chi connectivity index (χ1v) is 5.42. The van der Waals surface area contributed by atoms with Crippen LogP contribution in [-0.4, -0.2) is 64.9 Å². The van der Waals surface area contributed by atoms with Gasteiger partial charge in [0.05, 0.1) is 13.2 Å². The molecule has 0 spiro atoms. The van der Waals surface area contributed by atoms with Gasteiger partial charge in [-0.3, -0.25) is 0 Å². The summed E-state index contributed by atoms with van der Waals surface area (Å²) >= 11 is 0. The summed E-state index contributed by atoms with van der Waals surface area (Å²) in [4.78, 5) is 34.8. The fourth-order valence-corrected chi connectivity index (χ4v) is 1.78. The fraction of sp³-hybridized carbons (Fsp3) is 0.700. The number of urea groups is 1. The van der Waals surface area contributed by atoms with Gasteiger partial charge in [0.15, 0.2) is 0 Å². The number of aliphatic hydroxyl groups excluding tert-OH is 1. The maximum absolute atomic E-state index is 11.8. The number of β-amino-alcohol motifs (C(OH)–C–C–N with tert-alkyl or cyclic N) is 1. The zero-order valence-corrected chi connectivity index (χ0v) is 10.1. The predicted molar refractivity (Wildman–Crippen MR) is 58.8 cm³/mol. The van der Waals surface area contributed by atoms with E-state index in [1.54, 1.807) is 0 Å². The molecule has 0 aromatic carbocycles. The molecule has 1 aliphatic heterocycles. The zero-order valence-electron chi connectivity index (χ0n) is 10.1. The number of hydrogen-bond acceptors (Lipinski definition) is 5. The SMILES string of the molecule is COC(=O)C(C)NC(=O)N1C[C@H](O)C[C@@H]1C(=O)O. The molecule has 1 fully saturated rings. The Morgan fingerprint density at radius 3 is 2.56 bits per heavy atom. The molecular weight excluding hydrogens is 244 g/mol. The van der Waals surface area contributed by atoms with Crippen LogP contribution in [0, 0.1) is 0 Å². The van der Waals surface area contributed by atoms with Crippen LogP contribution in [0.3, 0.4) is 0 Å². The summed E-state index contributed by atoms with van der Waals surface area (Å²) in [6.07, 6.45) is -0.889. The Kier molecular flexibility index (Phi) is 4.49. The van der Waals surface area contributed by atoms with Crippen LogP contribution in [0.25, 0.3) is 0 Å². The Labute approximate surface area is 104 Å². The second-order valence-electron chi connectivity index (χ2n) is 4.09. The predicted octanol–water partition coefficient (Wildman–Crippen LogP) is -1.22. The third-order valence-corrected chi connectivity index (χ3v) is 2.72. The topological polar surface area (TPSA) is 116 Å². The van der Waals surface area contributed by atoms with E-state index < -0.39 is 36.2 Å². The summed E-state index contributed by atoms with van der Waals surface area (Å²) < 4.78 is 4.43. The molecule has 0 aromatic rings. The maximum atomic E-state index is 11.8. The van der Waals surface area contributed by atoms with Gasteiger partial charge in [-0.25, -0.2) is 14.4 Å². The number of esters is 1. The smallest absolute Gasteiger partial charge is 0.328 e. The van der Waals surface area contributed by atoms with Crippen molar-refractivity contribution in [2.45, 2.75) is 31.5 Å². The van der Waals surface area contributed by atoms with E-state index in [-0.39, 0.29) is 13.0 Å². The van der Waals surface area contributed by atoms with Gasteiger partial charge in [-0.1, -0.05) is 0 Å². The first kappa shape index (κ1) is 14.2. The number of hydrogen-bond donors (Lipinski definition) is 3. The average molecular weight is 260 g/mol. The maximum Gasteiger partial charge on any atom is 0.328 e. The summed E-state index contributed by atoms with van der Waals surface area (Å²) in [6.45, 7) is 1.35. The summed E-state index contributed by atoms with van der Waals surface area (Å²) in [5.74, 6) is -1.82. The minimum Gasteiger partial charge on any atom is -0.480 e. The number of nitrogens with one attached hydrogen (secondary N) is 1. The summed E-state index contributed by atoms with van der Waals surface area (Å²) in [7, 11) is 1.19. The van der Waals surface area contributed by atoms with E-state index in [2.05, 4.69) is 10.1 Å². The molecule has 0 saturated carbocycles. The van der Waals surface area contributed by atoms with E-state index in [4.69, 9.17) is 5.11 Å². The van der Waals surface area contributed by atoms with Gasteiger partial charge in [-0.05, 0) is 6.92 Å². The molecule has 1 unspecified atom stereocenters. The first-order chi connectivity index (χ1) is 8.36. The quantitative estimate of drug-likeness (QED) is 0.547. The monoisotopic (exact) mass is 260 g/mol. The summed E-state index contributed by atoms with van der Waals surface area (Å²) in [5, 5.41) is 20.6. The van der Waals surface area contributed by atoms with Crippen LogP contribution in [0.15, 0.2) is 0 Å². The third-order valence-electron chi connectivity index (χ3n) is 2.72. The van der Waals surface area contributed by atoms with Crippen LogP contribution in [0.4, 0.5) is 4.79 Å². The molecule has 1 saturated heterocycles. The van der Waals surface area contributed by atoms with Crippen LogP contribution >= 0.6 is 0 Å². The molecule has 0 bridgehead atoms. The molecule has 3 atom stereocenters. The van der Waals surface area contributed by atoms with Crippen molar-refractivity contribution in [2.24, 2.45) is 0 Å². The largest absolute Gasteiger partial charge is 0.480 e. The molecule has 18 heavy (non-hydrogen) atoms. The highest BCUT2D eigenvalue weighted by molar-refractivity contribution is 5.87. The van der Waals surface area contributed by atoms with Crippen LogP contribution < -0.4 is 5.32 Å². The Morgan fingerprint density at radius 1 is 1.44 bits per heavy atom. The van der Waals surface area contributed by atoms with Crippen molar-refractivity contribution in [1.29, 1.82) is 0 Å². The number of carbonyl (C=O) groups is 3. The number of aliphatic carboxylic acids is 1. The number of aliphatic hydroxyl groups is 1. The van der Waals surface area contributed by atoms with Crippen LogP contribution in [-0.2, 0) is 14.3 Å². The third kappa shape index (κ3) is 3.10. The number of rotatable bonds is 3. The lowest BCUT2D eigenvalue weighted by molar-refractivity contribution is -0.142. The van der Waals surface area contributed by atoms with Gasteiger partial charge < -0.3 is 25.2 Å². The molecule has 1 aliphatic rings. The molecule has 102 valence electrons. The number of nitrogens with zero attached hydrogens (tertiary/aromatic N) is 1. The van der Waals surface area contributed by atoms with Gasteiger partial charge in [0.2, 0.25) is 0 Å². The highest BCUT2D eigenvalue weighted by Crippen LogP contribution is 2.18. The lowest BCUT2D eigenvalue weighted by Crippen LogP contribution is -2.50. The summed E-state index contributed by atoms with van der Waals surface area (Å²) in [5.41, 5.74) is 0. The van der Waals surface area contributed by atoms with Gasteiger partial charge in [-0.2, -0.15) is 0 Å². The van der Waals surface area contributed by atoms with Crippen molar-refractivity contribution < 1.29 is 29.3 Å². The molecule has 8 nitrogen and oxygen atoms in total.